The van der Waals surface area contributed by atoms with Crippen molar-refractivity contribution < 1.29 is 9.90 Å². The van der Waals surface area contributed by atoms with Crippen molar-refractivity contribution in [3.05, 3.63) is 83.6 Å². The SMILES string of the molecule is CN(c1cc(C(=O)O)ccc1-c1ccccc1)c1nc2nncn2c2cc(Cl)ccc12. The van der Waals surface area contributed by atoms with Gasteiger partial charge in [0.2, 0.25) is 0 Å². The van der Waals surface area contributed by atoms with E-state index in [0.29, 0.717) is 22.3 Å². The molecule has 5 rings (SSSR count). The Morgan fingerprint density at radius 1 is 1.06 bits per heavy atom. The minimum atomic E-state index is -0.994. The fourth-order valence-corrected chi connectivity index (χ4v) is 3.86. The van der Waals surface area contributed by atoms with Crippen LogP contribution < -0.4 is 4.90 Å². The van der Waals surface area contributed by atoms with Crippen LogP contribution in [0.25, 0.3) is 27.8 Å². The van der Waals surface area contributed by atoms with Crippen molar-refractivity contribution in [2.45, 2.75) is 0 Å². The van der Waals surface area contributed by atoms with Gasteiger partial charge in [-0.3, -0.25) is 4.40 Å². The summed E-state index contributed by atoms with van der Waals surface area (Å²) in [6.45, 7) is 0. The number of anilines is 2. The quantitative estimate of drug-likeness (QED) is 0.429. The molecule has 0 spiro atoms. The Balaban J connectivity index is 1.78. The molecule has 0 fully saturated rings. The molecule has 0 aliphatic carbocycles. The summed E-state index contributed by atoms with van der Waals surface area (Å²) in [5.41, 5.74) is 3.56. The highest BCUT2D eigenvalue weighted by molar-refractivity contribution is 6.31. The first kappa shape index (κ1) is 19.0. The summed E-state index contributed by atoms with van der Waals surface area (Å²) in [7, 11) is 1.86. The smallest absolute Gasteiger partial charge is 0.335 e. The Kier molecular flexibility index (Phi) is 4.52. The van der Waals surface area contributed by atoms with Crippen LogP contribution in [-0.2, 0) is 0 Å². The molecule has 2 aromatic heterocycles. The topological polar surface area (TPSA) is 83.6 Å². The van der Waals surface area contributed by atoms with Gasteiger partial charge in [-0.25, -0.2) is 4.79 Å². The van der Waals surface area contributed by atoms with E-state index in [1.54, 1.807) is 28.9 Å². The van der Waals surface area contributed by atoms with Gasteiger partial charge in [-0.05, 0) is 35.9 Å². The molecular weight excluding hydrogens is 414 g/mol. The van der Waals surface area contributed by atoms with E-state index < -0.39 is 5.97 Å². The number of carboxylic acid groups (broad SMARTS) is 1. The van der Waals surface area contributed by atoms with Gasteiger partial charge in [-0.1, -0.05) is 48.0 Å². The van der Waals surface area contributed by atoms with E-state index in [4.69, 9.17) is 16.6 Å². The van der Waals surface area contributed by atoms with Crippen LogP contribution >= 0.6 is 11.6 Å². The summed E-state index contributed by atoms with van der Waals surface area (Å²) in [5, 5.41) is 19.1. The molecule has 1 N–H and O–H groups in total. The summed E-state index contributed by atoms with van der Waals surface area (Å²) in [6.07, 6.45) is 1.59. The predicted octanol–water partition coefficient (Wildman–Crippen LogP) is 5.06. The van der Waals surface area contributed by atoms with E-state index in [9.17, 15) is 9.90 Å². The Labute approximate surface area is 182 Å². The van der Waals surface area contributed by atoms with Gasteiger partial charge in [0, 0.05) is 23.0 Å². The first-order chi connectivity index (χ1) is 15.0. The van der Waals surface area contributed by atoms with Crippen LogP contribution in [0.3, 0.4) is 0 Å². The summed E-state index contributed by atoms with van der Waals surface area (Å²) in [4.78, 5) is 18.3. The van der Waals surface area contributed by atoms with Gasteiger partial charge in [0.1, 0.15) is 12.1 Å². The monoisotopic (exact) mass is 429 g/mol. The fraction of sp³-hybridized carbons (Fsp3) is 0.0435. The molecule has 0 amide bonds. The zero-order chi connectivity index (χ0) is 21.5. The number of rotatable bonds is 4. The average molecular weight is 430 g/mol. The van der Waals surface area contributed by atoms with Crippen LogP contribution in [0.15, 0.2) is 73.1 Å². The summed E-state index contributed by atoms with van der Waals surface area (Å²) in [6, 6.07) is 20.4. The van der Waals surface area contributed by atoms with Crippen LogP contribution in [-0.4, -0.2) is 37.7 Å². The maximum atomic E-state index is 11.7. The van der Waals surface area contributed by atoms with Gasteiger partial charge in [0.05, 0.1) is 16.8 Å². The third-order valence-electron chi connectivity index (χ3n) is 5.20. The van der Waals surface area contributed by atoms with Crippen molar-refractivity contribution in [3.63, 3.8) is 0 Å². The minimum Gasteiger partial charge on any atom is -0.478 e. The molecule has 0 bridgehead atoms. The lowest BCUT2D eigenvalue weighted by atomic mass is 10.0. The van der Waals surface area contributed by atoms with Gasteiger partial charge in [0.15, 0.2) is 0 Å². The van der Waals surface area contributed by atoms with Crippen molar-refractivity contribution >= 4 is 45.8 Å². The fourth-order valence-electron chi connectivity index (χ4n) is 3.70. The van der Waals surface area contributed by atoms with Gasteiger partial charge in [-0.15, -0.1) is 10.2 Å². The molecule has 8 heteroatoms. The number of halogens is 1. The van der Waals surface area contributed by atoms with Crippen molar-refractivity contribution in [1.82, 2.24) is 19.6 Å². The second-order valence-electron chi connectivity index (χ2n) is 7.06. The lowest BCUT2D eigenvalue weighted by molar-refractivity contribution is 0.0697. The highest BCUT2D eigenvalue weighted by Gasteiger charge is 2.19. The second-order valence-corrected chi connectivity index (χ2v) is 7.50. The Morgan fingerprint density at radius 2 is 1.87 bits per heavy atom. The number of carbonyl (C=O) groups is 1. The third-order valence-corrected chi connectivity index (χ3v) is 5.44. The summed E-state index contributed by atoms with van der Waals surface area (Å²) >= 11 is 6.24. The van der Waals surface area contributed by atoms with Crippen LogP contribution in [0, 0.1) is 0 Å². The highest BCUT2D eigenvalue weighted by Crippen LogP contribution is 2.37. The lowest BCUT2D eigenvalue weighted by Gasteiger charge is -2.24. The summed E-state index contributed by atoms with van der Waals surface area (Å²) < 4.78 is 1.77. The maximum absolute atomic E-state index is 11.7. The van der Waals surface area contributed by atoms with E-state index in [1.165, 1.54) is 0 Å². The molecule has 7 nitrogen and oxygen atoms in total. The molecule has 0 saturated heterocycles. The molecule has 0 aliphatic heterocycles. The number of aromatic carboxylic acids is 1. The van der Waals surface area contributed by atoms with E-state index in [0.717, 1.165) is 22.0 Å². The van der Waals surface area contributed by atoms with Crippen LogP contribution in [0.2, 0.25) is 5.02 Å². The Morgan fingerprint density at radius 3 is 2.65 bits per heavy atom. The Hall–Kier alpha value is -3.97. The van der Waals surface area contributed by atoms with Gasteiger partial charge >= 0.3 is 5.97 Å². The standard InChI is InChI=1S/C23H16ClN5O2/c1-28(19-11-15(22(30)31)7-9-17(19)14-5-3-2-4-6-14)21-18-10-8-16(24)12-20(18)29-13-25-27-23(29)26-21/h2-13H,1H3,(H,30,31). The zero-order valence-corrected chi connectivity index (χ0v) is 17.2. The number of aromatic nitrogens is 4. The van der Waals surface area contributed by atoms with E-state index >= 15 is 0 Å². The lowest BCUT2D eigenvalue weighted by Crippen LogP contribution is -2.15. The molecule has 0 unspecified atom stereocenters. The minimum absolute atomic E-state index is 0.192. The zero-order valence-electron chi connectivity index (χ0n) is 16.4. The van der Waals surface area contributed by atoms with Crippen molar-refractivity contribution in [1.29, 1.82) is 0 Å². The molecule has 0 atom stereocenters. The first-order valence-electron chi connectivity index (χ1n) is 9.48. The van der Waals surface area contributed by atoms with Crippen LogP contribution in [0.4, 0.5) is 11.5 Å². The molecule has 2 heterocycles. The molecule has 31 heavy (non-hydrogen) atoms. The number of nitrogens with zero attached hydrogens (tertiary/aromatic N) is 5. The molecule has 3 aromatic carbocycles. The first-order valence-corrected chi connectivity index (χ1v) is 9.86. The molecule has 0 aliphatic rings. The molecule has 5 aromatic rings. The van der Waals surface area contributed by atoms with Crippen molar-refractivity contribution in [2.75, 3.05) is 11.9 Å². The predicted molar refractivity (Wildman–Crippen MR) is 120 cm³/mol. The Bertz CT molecular complexity index is 1450. The molecule has 0 radical (unpaired) electrons. The summed E-state index contributed by atoms with van der Waals surface area (Å²) in [5.74, 6) is 0.0472. The van der Waals surface area contributed by atoms with E-state index in [1.807, 2.05) is 60.5 Å². The van der Waals surface area contributed by atoms with Crippen molar-refractivity contribution in [2.24, 2.45) is 0 Å². The van der Waals surface area contributed by atoms with Gasteiger partial charge in [0.25, 0.3) is 5.78 Å². The number of benzene rings is 3. The molecule has 152 valence electrons. The van der Waals surface area contributed by atoms with E-state index in [2.05, 4.69) is 10.2 Å². The number of hydrogen-bond donors (Lipinski definition) is 1. The van der Waals surface area contributed by atoms with E-state index in [-0.39, 0.29) is 5.56 Å². The van der Waals surface area contributed by atoms with Crippen molar-refractivity contribution in [3.8, 4) is 11.1 Å². The number of carboxylic acids is 1. The normalized spacial score (nSPS) is 11.2. The van der Waals surface area contributed by atoms with Crippen LogP contribution in [0.1, 0.15) is 10.4 Å². The molecular formula is C23H16ClN5O2. The largest absolute Gasteiger partial charge is 0.478 e. The average Bonchev–Trinajstić information content (AvgIpc) is 3.27. The number of hydrogen-bond acceptors (Lipinski definition) is 5. The van der Waals surface area contributed by atoms with Crippen LogP contribution in [0.5, 0.6) is 0 Å². The number of fused-ring (bicyclic) bond motifs is 3. The van der Waals surface area contributed by atoms with Gasteiger partial charge < -0.3 is 10.0 Å². The maximum Gasteiger partial charge on any atom is 0.335 e. The second kappa shape index (κ2) is 7.37. The third kappa shape index (κ3) is 3.25. The van der Waals surface area contributed by atoms with Gasteiger partial charge in [-0.2, -0.15) is 4.98 Å². The highest BCUT2D eigenvalue weighted by atomic mass is 35.5. The molecule has 0 saturated carbocycles.